The normalized spacial score (nSPS) is 18.0. The monoisotopic (exact) mass is 344 g/mol. The molecule has 2 aromatic rings. The van der Waals surface area contributed by atoms with Crippen LogP contribution < -0.4 is 10.2 Å². The van der Waals surface area contributed by atoms with Crippen molar-refractivity contribution < 1.29 is 9.59 Å². The Kier molecular flexibility index (Phi) is 4.89. The molecule has 24 heavy (non-hydrogen) atoms. The number of anilines is 1. The summed E-state index contributed by atoms with van der Waals surface area (Å²) in [7, 11) is 0. The van der Waals surface area contributed by atoms with E-state index in [9.17, 15) is 9.59 Å². The van der Waals surface area contributed by atoms with Crippen molar-refractivity contribution in [2.24, 2.45) is 0 Å². The number of nitrogens with one attached hydrogen (secondary N) is 1. The molecule has 1 atom stereocenters. The molecule has 1 aliphatic heterocycles. The number of piperidine rings is 1. The molecule has 126 valence electrons. The second-order valence-electron chi connectivity index (χ2n) is 6.10. The van der Waals surface area contributed by atoms with Gasteiger partial charge in [0.1, 0.15) is 11.7 Å². The molecule has 2 amide bonds. The lowest BCUT2D eigenvalue weighted by Gasteiger charge is -2.32. The van der Waals surface area contributed by atoms with E-state index in [0.717, 1.165) is 17.1 Å². The van der Waals surface area contributed by atoms with Crippen LogP contribution in [-0.2, 0) is 4.79 Å². The molecule has 1 fully saturated rings. The van der Waals surface area contributed by atoms with Gasteiger partial charge in [-0.25, -0.2) is 4.98 Å². The smallest absolute Gasteiger partial charge is 0.271 e. The van der Waals surface area contributed by atoms with E-state index in [-0.39, 0.29) is 17.7 Å². The lowest BCUT2D eigenvalue weighted by Crippen LogP contribution is -2.52. The van der Waals surface area contributed by atoms with Crippen LogP contribution in [-0.4, -0.2) is 34.4 Å². The number of carbonyl (C=O) groups is 2. The van der Waals surface area contributed by atoms with E-state index in [1.165, 1.54) is 11.3 Å². The van der Waals surface area contributed by atoms with Crippen LogP contribution in [0.4, 0.5) is 5.69 Å². The largest absolute Gasteiger partial charge is 0.339 e. The zero-order chi connectivity index (χ0) is 17.1. The van der Waals surface area contributed by atoms with Gasteiger partial charge in [-0.2, -0.15) is 0 Å². The minimum Gasteiger partial charge on any atom is -0.339 e. The van der Waals surface area contributed by atoms with Gasteiger partial charge in [0.05, 0.1) is 16.9 Å². The molecule has 0 radical (unpaired) electrons. The van der Waals surface area contributed by atoms with Crippen LogP contribution in [0.15, 0.2) is 29.9 Å². The van der Waals surface area contributed by atoms with Crippen molar-refractivity contribution in [2.75, 3.05) is 11.4 Å². The van der Waals surface area contributed by atoms with Crippen molar-refractivity contribution in [2.45, 2.75) is 38.6 Å². The van der Waals surface area contributed by atoms with Crippen LogP contribution in [0.25, 0.3) is 0 Å². The van der Waals surface area contributed by atoms with Crippen LogP contribution in [0.1, 0.15) is 48.1 Å². The van der Waals surface area contributed by atoms with Crippen LogP contribution in [0, 0.1) is 0 Å². The summed E-state index contributed by atoms with van der Waals surface area (Å²) in [6, 6.07) is 3.13. The summed E-state index contributed by atoms with van der Waals surface area (Å²) in [5.41, 5.74) is 1.15. The van der Waals surface area contributed by atoms with Gasteiger partial charge in [-0.15, -0.1) is 11.3 Å². The van der Waals surface area contributed by atoms with E-state index in [2.05, 4.69) is 15.3 Å². The average molecular weight is 344 g/mol. The number of amides is 2. The van der Waals surface area contributed by atoms with E-state index in [1.54, 1.807) is 28.7 Å². The van der Waals surface area contributed by atoms with Crippen LogP contribution in [0.5, 0.6) is 0 Å². The first kappa shape index (κ1) is 16.6. The van der Waals surface area contributed by atoms with E-state index < -0.39 is 6.04 Å². The molecular weight excluding hydrogens is 324 g/mol. The Morgan fingerprint density at radius 2 is 2.29 bits per heavy atom. The maximum atomic E-state index is 12.7. The minimum absolute atomic E-state index is 0.0955. The fourth-order valence-corrected chi connectivity index (χ4v) is 3.48. The Bertz CT molecular complexity index is 729. The average Bonchev–Trinajstić information content (AvgIpc) is 3.08. The molecule has 7 heteroatoms. The van der Waals surface area contributed by atoms with Gasteiger partial charge in [0.25, 0.3) is 5.91 Å². The molecule has 2 aromatic heterocycles. The standard InChI is InChI=1S/C17H20N4O2S/c1-11(2)16-20-14(10-24-16)15(22)19-13-6-4-8-21(17(13)23)12-5-3-7-18-9-12/h3,5,7,9-11,13H,4,6,8H2,1-2H3,(H,19,22)/t13-/m0/s1. The quantitative estimate of drug-likeness (QED) is 0.925. The topological polar surface area (TPSA) is 75.2 Å². The first-order valence-electron chi connectivity index (χ1n) is 8.04. The molecule has 0 unspecified atom stereocenters. The zero-order valence-electron chi connectivity index (χ0n) is 13.7. The van der Waals surface area contributed by atoms with Gasteiger partial charge in [0, 0.05) is 24.0 Å². The second kappa shape index (κ2) is 7.09. The summed E-state index contributed by atoms with van der Waals surface area (Å²) in [4.78, 5) is 35.1. The van der Waals surface area contributed by atoms with Crippen molar-refractivity contribution in [3.63, 3.8) is 0 Å². The fourth-order valence-electron chi connectivity index (χ4n) is 2.67. The Morgan fingerprint density at radius 1 is 1.46 bits per heavy atom. The summed E-state index contributed by atoms with van der Waals surface area (Å²) >= 11 is 1.47. The predicted octanol–water partition coefficient (Wildman–Crippen LogP) is 2.59. The Hall–Kier alpha value is -2.28. The molecule has 1 N–H and O–H groups in total. The molecule has 1 saturated heterocycles. The number of hydrogen-bond acceptors (Lipinski definition) is 5. The summed E-state index contributed by atoms with van der Waals surface area (Å²) in [5.74, 6) is -0.0969. The SMILES string of the molecule is CC(C)c1nc(C(=O)N[C@H]2CCCN(c3cccnc3)C2=O)cs1. The van der Waals surface area contributed by atoms with Gasteiger partial charge in [-0.1, -0.05) is 13.8 Å². The molecule has 0 bridgehead atoms. The fraction of sp³-hybridized carbons (Fsp3) is 0.412. The van der Waals surface area contributed by atoms with Gasteiger partial charge in [0.2, 0.25) is 5.91 Å². The Labute approximate surface area is 144 Å². The van der Waals surface area contributed by atoms with Crippen LogP contribution in [0.3, 0.4) is 0 Å². The predicted molar refractivity (Wildman–Crippen MR) is 93.3 cm³/mol. The van der Waals surface area contributed by atoms with Crippen molar-refractivity contribution in [3.05, 3.63) is 40.6 Å². The minimum atomic E-state index is -0.518. The molecule has 3 rings (SSSR count). The maximum Gasteiger partial charge on any atom is 0.271 e. The van der Waals surface area contributed by atoms with Gasteiger partial charge < -0.3 is 10.2 Å². The van der Waals surface area contributed by atoms with Crippen LogP contribution in [0.2, 0.25) is 0 Å². The van der Waals surface area contributed by atoms with Crippen LogP contribution >= 0.6 is 11.3 Å². The highest BCUT2D eigenvalue weighted by Gasteiger charge is 2.31. The number of aromatic nitrogens is 2. The first-order chi connectivity index (χ1) is 11.6. The number of thiazole rings is 1. The highest BCUT2D eigenvalue weighted by molar-refractivity contribution is 7.09. The summed E-state index contributed by atoms with van der Waals surface area (Å²) in [6.07, 6.45) is 4.81. The third kappa shape index (κ3) is 3.46. The number of rotatable bonds is 4. The van der Waals surface area contributed by atoms with Gasteiger partial charge in [-0.05, 0) is 25.0 Å². The van der Waals surface area contributed by atoms with Crippen molar-refractivity contribution in [1.82, 2.24) is 15.3 Å². The maximum absolute atomic E-state index is 12.7. The molecule has 3 heterocycles. The molecule has 6 nitrogen and oxygen atoms in total. The summed E-state index contributed by atoms with van der Waals surface area (Å²) in [5, 5.41) is 5.50. The molecule has 0 aromatic carbocycles. The van der Waals surface area contributed by atoms with Crippen molar-refractivity contribution >= 4 is 28.8 Å². The lowest BCUT2D eigenvalue weighted by molar-refractivity contribution is -0.121. The van der Waals surface area contributed by atoms with Gasteiger partial charge >= 0.3 is 0 Å². The third-order valence-electron chi connectivity index (χ3n) is 3.95. The van der Waals surface area contributed by atoms with E-state index >= 15 is 0 Å². The molecular formula is C17H20N4O2S. The Balaban J connectivity index is 1.70. The zero-order valence-corrected chi connectivity index (χ0v) is 14.5. The Morgan fingerprint density at radius 3 is 2.96 bits per heavy atom. The van der Waals surface area contributed by atoms with Crippen molar-refractivity contribution in [1.29, 1.82) is 0 Å². The van der Waals surface area contributed by atoms with E-state index in [4.69, 9.17) is 0 Å². The van der Waals surface area contributed by atoms with Gasteiger partial charge in [-0.3, -0.25) is 14.6 Å². The number of carbonyl (C=O) groups excluding carboxylic acids is 2. The lowest BCUT2D eigenvalue weighted by atomic mass is 10.0. The number of nitrogens with zero attached hydrogens (tertiary/aromatic N) is 3. The van der Waals surface area contributed by atoms with E-state index in [1.807, 2.05) is 19.9 Å². The summed E-state index contributed by atoms with van der Waals surface area (Å²) in [6.45, 7) is 4.72. The highest BCUT2D eigenvalue weighted by Crippen LogP contribution is 2.21. The van der Waals surface area contributed by atoms with E-state index in [0.29, 0.717) is 18.7 Å². The second-order valence-corrected chi connectivity index (χ2v) is 6.98. The molecule has 0 spiro atoms. The van der Waals surface area contributed by atoms with Crippen molar-refractivity contribution in [3.8, 4) is 0 Å². The number of pyridine rings is 1. The molecule has 0 aliphatic carbocycles. The first-order valence-corrected chi connectivity index (χ1v) is 8.92. The molecule has 0 saturated carbocycles. The van der Waals surface area contributed by atoms with Gasteiger partial charge in [0.15, 0.2) is 0 Å². The highest BCUT2D eigenvalue weighted by atomic mass is 32.1. The third-order valence-corrected chi connectivity index (χ3v) is 5.10. The molecule has 1 aliphatic rings. The number of hydrogen-bond donors (Lipinski definition) is 1. The summed E-state index contributed by atoms with van der Waals surface area (Å²) < 4.78 is 0.